The highest BCUT2D eigenvalue weighted by Gasteiger charge is 2.33. The zero-order valence-corrected chi connectivity index (χ0v) is 20.3. The molecule has 0 saturated heterocycles. The maximum absolute atomic E-state index is 12.8. The van der Waals surface area contributed by atoms with Crippen LogP contribution in [0.5, 0.6) is 0 Å². The van der Waals surface area contributed by atoms with Crippen LogP contribution in [0.4, 0.5) is 4.79 Å². The quantitative estimate of drug-likeness (QED) is 0.459. The first kappa shape index (κ1) is 24.8. The van der Waals surface area contributed by atoms with Gasteiger partial charge in [-0.3, -0.25) is 4.79 Å². The lowest BCUT2D eigenvalue weighted by atomic mass is 9.78. The molecule has 1 fully saturated rings. The number of hydrogen-bond acceptors (Lipinski definition) is 4. The van der Waals surface area contributed by atoms with Crippen molar-refractivity contribution < 1.29 is 24.2 Å². The van der Waals surface area contributed by atoms with Crippen molar-refractivity contribution in [2.75, 3.05) is 6.61 Å². The van der Waals surface area contributed by atoms with Gasteiger partial charge in [-0.2, -0.15) is 0 Å². The Morgan fingerprint density at radius 2 is 1.57 bits per heavy atom. The average molecular weight is 479 g/mol. The van der Waals surface area contributed by atoms with Crippen molar-refractivity contribution in [3.63, 3.8) is 0 Å². The first-order valence-electron chi connectivity index (χ1n) is 12.5. The van der Waals surface area contributed by atoms with E-state index in [-0.39, 0.29) is 42.7 Å². The van der Waals surface area contributed by atoms with Gasteiger partial charge in [0.2, 0.25) is 5.91 Å². The maximum atomic E-state index is 12.8. The number of fused-ring (bicyclic) bond motifs is 3. The third-order valence-corrected chi connectivity index (χ3v) is 7.11. The van der Waals surface area contributed by atoms with Crippen molar-refractivity contribution in [3.05, 3.63) is 59.7 Å². The first-order chi connectivity index (χ1) is 16.8. The van der Waals surface area contributed by atoms with Crippen LogP contribution in [0.3, 0.4) is 0 Å². The van der Waals surface area contributed by atoms with Crippen LogP contribution in [0, 0.1) is 11.8 Å². The molecule has 2 atom stereocenters. The monoisotopic (exact) mass is 478 g/mol. The lowest BCUT2D eigenvalue weighted by molar-refractivity contribution is -0.142. The van der Waals surface area contributed by atoms with E-state index < -0.39 is 18.1 Å². The van der Waals surface area contributed by atoms with Gasteiger partial charge < -0.3 is 20.5 Å². The molecule has 2 aromatic carbocycles. The van der Waals surface area contributed by atoms with Gasteiger partial charge in [0, 0.05) is 18.4 Å². The summed E-state index contributed by atoms with van der Waals surface area (Å²) in [6, 6.07) is 15.0. The number of aliphatic carboxylic acids is 1. The van der Waals surface area contributed by atoms with Crippen molar-refractivity contribution in [1.82, 2.24) is 10.6 Å². The van der Waals surface area contributed by atoms with E-state index >= 15 is 0 Å². The molecule has 1 unspecified atom stereocenters. The summed E-state index contributed by atoms with van der Waals surface area (Å²) in [5.41, 5.74) is 4.61. The number of amides is 2. The Kier molecular flexibility index (Phi) is 7.73. The zero-order chi connectivity index (χ0) is 24.9. The van der Waals surface area contributed by atoms with E-state index in [9.17, 15) is 19.5 Å². The molecule has 35 heavy (non-hydrogen) atoms. The SMILES string of the molecule is CC(C)C[C@@H](NC(=O)CC(NC(=O)OCC1c2ccccc2-c2ccccc21)C1CCC1)C(=O)O. The van der Waals surface area contributed by atoms with Crippen molar-refractivity contribution >= 4 is 18.0 Å². The Balaban J connectivity index is 1.36. The third-order valence-electron chi connectivity index (χ3n) is 7.11. The molecule has 7 nitrogen and oxygen atoms in total. The van der Waals surface area contributed by atoms with E-state index in [0.717, 1.165) is 41.5 Å². The zero-order valence-electron chi connectivity index (χ0n) is 20.3. The highest BCUT2D eigenvalue weighted by Crippen LogP contribution is 2.44. The largest absolute Gasteiger partial charge is 0.480 e. The molecule has 0 aromatic heterocycles. The second-order valence-electron chi connectivity index (χ2n) is 10.1. The van der Waals surface area contributed by atoms with Gasteiger partial charge in [-0.15, -0.1) is 0 Å². The molecule has 0 bridgehead atoms. The number of alkyl carbamates (subject to hydrolysis) is 1. The summed E-state index contributed by atoms with van der Waals surface area (Å²) < 4.78 is 5.67. The lowest BCUT2D eigenvalue weighted by Crippen LogP contribution is -2.48. The summed E-state index contributed by atoms with van der Waals surface area (Å²) in [5.74, 6) is -1.12. The van der Waals surface area contributed by atoms with Crippen LogP contribution in [-0.4, -0.2) is 41.8 Å². The first-order valence-corrected chi connectivity index (χ1v) is 12.5. The summed E-state index contributed by atoms with van der Waals surface area (Å²) in [6.45, 7) is 4.04. The second-order valence-corrected chi connectivity index (χ2v) is 10.1. The number of rotatable bonds is 10. The number of benzene rings is 2. The predicted molar refractivity (Wildman–Crippen MR) is 133 cm³/mol. The fourth-order valence-electron chi connectivity index (χ4n) is 5.12. The average Bonchev–Trinajstić information content (AvgIpc) is 3.09. The van der Waals surface area contributed by atoms with E-state index in [1.165, 1.54) is 0 Å². The minimum Gasteiger partial charge on any atom is -0.480 e. The number of nitrogens with one attached hydrogen (secondary N) is 2. The minimum atomic E-state index is -1.04. The van der Waals surface area contributed by atoms with E-state index in [1.54, 1.807) is 0 Å². The maximum Gasteiger partial charge on any atom is 0.407 e. The van der Waals surface area contributed by atoms with Crippen LogP contribution >= 0.6 is 0 Å². The molecule has 186 valence electrons. The summed E-state index contributed by atoms with van der Waals surface area (Å²) in [6.07, 6.45) is 2.76. The Labute approximate surface area is 206 Å². The normalized spacial score (nSPS) is 16.5. The molecule has 0 spiro atoms. The van der Waals surface area contributed by atoms with Gasteiger partial charge in [-0.1, -0.05) is 68.8 Å². The van der Waals surface area contributed by atoms with Gasteiger partial charge in [0.05, 0.1) is 0 Å². The highest BCUT2D eigenvalue weighted by atomic mass is 16.5. The molecule has 0 heterocycles. The molecule has 7 heteroatoms. The van der Waals surface area contributed by atoms with Gasteiger partial charge in [0.15, 0.2) is 0 Å². The summed E-state index contributed by atoms with van der Waals surface area (Å²) >= 11 is 0. The van der Waals surface area contributed by atoms with E-state index in [2.05, 4.69) is 34.9 Å². The van der Waals surface area contributed by atoms with Crippen LogP contribution in [0.15, 0.2) is 48.5 Å². The highest BCUT2D eigenvalue weighted by molar-refractivity contribution is 5.84. The molecule has 0 aliphatic heterocycles. The Hall–Kier alpha value is -3.35. The molecule has 2 aromatic rings. The predicted octanol–water partition coefficient (Wildman–Crippen LogP) is 4.70. The van der Waals surface area contributed by atoms with E-state index in [0.29, 0.717) is 6.42 Å². The van der Waals surface area contributed by atoms with Gasteiger partial charge in [0.1, 0.15) is 12.6 Å². The van der Waals surface area contributed by atoms with Crippen LogP contribution in [0.25, 0.3) is 11.1 Å². The van der Waals surface area contributed by atoms with Gasteiger partial charge in [0.25, 0.3) is 0 Å². The molecular weight excluding hydrogens is 444 g/mol. The number of carbonyl (C=O) groups is 3. The second kappa shape index (κ2) is 10.9. The fraction of sp³-hybridized carbons (Fsp3) is 0.464. The van der Waals surface area contributed by atoms with Crippen LogP contribution < -0.4 is 10.6 Å². The lowest BCUT2D eigenvalue weighted by Gasteiger charge is -2.34. The Bertz CT molecular complexity index is 1030. The van der Waals surface area contributed by atoms with Crippen molar-refractivity contribution in [3.8, 4) is 11.1 Å². The molecule has 4 rings (SSSR count). The van der Waals surface area contributed by atoms with Gasteiger partial charge in [-0.05, 0) is 53.4 Å². The van der Waals surface area contributed by atoms with Crippen LogP contribution in [-0.2, 0) is 14.3 Å². The Morgan fingerprint density at radius 1 is 0.971 bits per heavy atom. The topological polar surface area (TPSA) is 105 Å². The fourth-order valence-corrected chi connectivity index (χ4v) is 5.12. The summed E-state index contributed by atoms with van der Waals surface area (Å²) in [5, 5.41) is 14.9. The number of carbonyl (C=O) groups excluding carboxylic acids is 2. The number of carboxylic acid groups (broad SMARTS) is 1. The Morgan fingerprint density at radius 3 is 2.09 bits per heavy atom. The van der Waals surface area contributed by atoms with Crippen molar-refractivity contribution in [1.29, 1.82) is 0 Å². The summed E-state index contributed by atoms with van der Waals surface area (Å²) in [4.78, 5) is 36.9. The molecule has 3 N–H and O–H groups in total. The number of hydrogen-bond donors (Lipinski definition) is 3. The van der Waals surface area contributed by atoms with Crippen LogP contribution in [0.1, 0.15) is 63.0 Å². The molecular formula is C28H34N2O5. The smallest absolute Gasteiger partial charge is 0.407 e. The van der Waals surface area contributed by atoms with Gasteiger partial charge >= 0.3 is 12.1 Å². The van der Waals surface area contributed by atoms with Crippen molar-refractivity contribution in [2.45, 2.75) is 64.0 Å². The van der Waals surface area contributed by atoms with Crippen molar-refractivity contribution in [2.24, 2.45) is 11.8 Å². The molecule has 2 aliphatic rings. The standard InChI is InChI=1S/C28H34N2O5/c1-17(2)14-25(27(32)33)29-26(31)15-24(18-8-7-9-18)30-28(34)35-16-23-21-12-5-3-10-19(21)20-11-4-6-13-22(20)23/h3-6,10-13,17-18,23-25H,7-9,14-16H2,1-2H3,(H,29,31)(H,30,34)(H,32,33)/t24?,25-/m1/s1. The number of ether oxygens (including phenoxy) is 1. The molecule has 1 saturated carbocycles. The molecule has 0 radical (unpaired) electrons. The summed E-state index contributed by atoms with van der Waals surface area (Å²) in [7, 11) is 0. The molecule has 2 amide bonds. The van der Waals surface area contributed by atoms with Crippen LogP contribution in [0.2, 0.25) is 0 Å². The van der Waals surface area contributed by atoms with E-state index in [1.807, 2.05) is 38.1 Å². The molecule has 2 aliphatic carbocycles. The number of carboxylic acids is 1. The third kappa shape index (κ3) is 5.84. The van der Waals surface area contributed by atoms with Gasteiger partial charge in [-0.25, -0.2) is 9.59 Å². The van der Waals surface area contributed by atoms with E-state index in [4.69, 9.17) is 4.74 Å². The minimum absolute atomic E-state index is 0.0361.